The zero-order valence-electron chi connectivity index (χ0n) is 13.1. The van der Waals surface area contributed by atoms with Crippen molar-refractivity contribution in [2.45, 2.75) is 10.8 Å². The minimum Gasteiger partial charge on any atom is -0.508 e. The van der Waals surface area contributed by atoms with Crippen molar-refractivity contribution in [3.05, 3.63) is 50.9 Å². The maximum Gasteiger partial charge on any atom is 0.183 e. The van der Waals surface area contributed by atoms with Gasteiger partial charge in [0.15, 0.2) is 4.47 Å². The molecule has 6 nitrogen and oxygen atoms in total. The molecule has 0 aliphatic carbocycles. The lowest BCUT2D eigenvalue weighted by Gasteiger charge is -2.12. The molecule has 0 aliphatic heterocycles. The van der Waals surface area contributed by atoms with Gasteiger partial charge in [-0.05, 0) is 17.7 Å². The van der Waals surface area contributed by atoms with E-state index >= 15 is 0 Å². The number of nitrogens with zero attached hydrogens (tertiary/aromatic N) is 4. The van der Waals surface area contributed by atoms with Crippen molar-refractivity contribution < 1.29 is 5.11 Å². The van der Waals surface area contributed by atoms with Gasteiger partial charge < -0.3 is 10.8 Å². The molecule has 3 rings (SSSR count). The molecule has 0 saturated carbocycles. The van der Waals surface area contributed by atoms with Crippen molar-refractivity contribution in [2.75, 3.05) is 5.73 Å². The number of hydrogen-bond acceptors (Lipinski definition) is 8. The van der Waals surface area contributed by atoms with Crippen LogP contribution in [-0.2, 0) is 5.75 Å². The van der Waals surface area contributed by atoms with Crippen LogP contribution < -0.4 is 5.73 Å². The number of rotatable bonds is 4. The van der Waals surface area contributed by atoms with Gasteiger partial charge in [-0.15, -0.1) is 11.3 Å². The van der Waals surface area contributed by atoms with Crippen molar-refractivity contribution in [2.24, 2.45) is 0 Å². The van der Waals surface area contributed by atoms with Crippen LogP contribution in [0.4, 0.5) is 5.82 Å². The number of anilines is 1. The fraction of sp³-hybridized carbons (Fsp3) is 0.0588. The summed E-state index contributed by atoms with van der Waals surface area (Å²) < 4.78 is 0.443. The average molecular weight is 400 g/mol. The lowest BCUT2D eigenvalue weighted by Crippen LogP contribution is -2.03. The number of aromatic hydroxyl groups is 1. The van der Waals surface area contributed by atoms with E-state index in [9.17, 15) is 15.6 Å². The molecule has 0 radical (unpaired) electrons. The summed E-state index contributed by atoms with van der Waals surface area (Å²) in [6.07, 6.45) is 0. The van der Waals surface area contributed by atoms with E-state index < -0.39 is 0 Å². The largest absolute Gasteiger partial charge is 0.508 e. The molecule has 0 bridgehead atoms. The zero-order chi connectivity index (χ0) is 18.7. The van der Waals surface area contributed by atoms with Gasteiger partial charge in [-0.25, -0.2) is 9.97 Å². The van der Waals surface area contributed by atoms with Crippen LogP contribution in [0, 0.1) is 22.7 Å². The summed E-state index contributed by atoms with van der Waals surface area (Å²) in [5.74, 6) is 0.599. The number of thiazole rings is 1. The number of halogens is 1. The molecule has 0 atom stereocenters. The van der Waals surface area contributed by atoms with Gasteiger partial charge in [0.2, 0.25) is 0 Å². The lowest BCUT2D eigenvalue weighted by atomic mass is 9.97. The molecule has 0 aliphatic rings. The number of phenolic OH excluding ortho intramolecular Hbond substituents is 1. The number of pyridine rings is 1. The minimum atomic E-state index is 0.0494. The summed E-state index contributed by atoms with van der Waals surface area (Å²) >= 11 is 8.46. The molecular weight excluding hydrogens is 390 g/mol. The molecule has 0 amide bonds. The van der Waals surface area contributed by atoms with Crippen LogP contribution in [-0.4, -0.2) is 15.1 Å². The zero-order valence-corrected chi connectivity index (χ0v) is 15.5. The van der Waals surface area contributed by atoms with Gasteiger partial charge >= 0.3 is 0 Å². The minimum absolute atomic E-state index is 0.0494. The van der Waals surface area contributed by atoms with Crippen LogP contribution in [0.2, 0.25) is 4.47 Å². The molecule has 0 fully saturated rings. The predicted octanol–water partition coefficient (Wildman–Crippen LogP) is 4.18. The number of thioether (sulfide) groups is 1. The second-order valence-corrected chi connectivity index (χ2v) is 7.48. The van der Waals surface area contributed by atoms with Gasteiger partial charge in [0.05, 0.1) is 11.3 Å². The summed E-state index contributed by atoms with van der Waals surface area (Å²) in [4.78, 5) is 8.40. The SMILES string of the molecule is N#Cc1c(N)nc(SCc2csc(Cl)n2)c(C#N)c1-c1ccc(O)cc1. The summed E-state index contributed by atoms with van der Waals surface area (Å²) in [5, 5.41) is 30.9. The van der Waals surface area contributed by atoms with Crippen LogP contribution in [0.3, 0.4) is 0 Å². The van der Waals surface area contributed by atoms with Gasteiger partial charge in [0.25, 0.3) is 0 Å². The first-order chi connectivity index (χ1) is 12.5. The summed E-state index contributed by atoms with van der Waals surface area (Å²) in [6, 6.07) is 10.4. The van der Waals surface area contributed by atoms with Crippen LogP contribution in [0.1, 0.15) is 16.8 Å². The van der Waals surface area contributed by atoms with Crippen LogP contribution in [0.15, 0.2) is 34.7 Å². The van der Waals surface area contributed by atoms with E-state index in [0.29, 0.717) is 26.4 Å². The molecule has 0 spiro atoms. The number of nitrogens with two attached hydrogens (primary N) is 1. The molecule has 2 heterocycles. The lowest BCUT2D eigenvalue weighted by molar-refractivity contribution is 0.475. The van der Waals surface area contributed by atoms with E-state index in [2.05, 4.69) is 16.0 Å². The highest BCUT2D eigenvalue weighted by atomic mass is 35.5. The molecule has 128 valence electrons. The first kappa shape index (κ1) is 18.0. The Morgan fingerprint density at radius 2 is 1.85 bits per heavy atom. The van der Waals surface area contributed by atoms with Crippen molar-refractivity contribution in [3.8, 4) is 29.0 Å². The first-order valence-electron chi connectivity index (χ1n) is 7.19. The third kappa shape index (κ3) is 3.58. The summed E-state index contributed by atoms with van der Waals surface area (Å²) in [7, 11) is 0. The predicted molar refractivity (Wildman–Crippen MR) is 102 cm³/mol. The molecule has 26 heavy (non-hydrogen) atoms. The van der Waals surface area contributed by atoms with Gasteiger partial charge in [-0.2, -0.15) is 10.5 Å². The molecule has 3 aromatic rings. The van der Waals surface area contributed by atoms with Gasteiger partial charge in [0.1, 0.15) is 34.3 Å². The molecule has 0 saturated heterocycles. The normalized spacial score (nSPS) is 10.3. The smallest absolute Gasteiger partial charge is 0.183 e. The number of benzene rings is 1. The van der Waals surface area contributed by atoms with Crippen molar-refractivity contribution in [3.63, 3.8) is 0 Å². The number of nitriles is 2. The van der Waals surface area contributed by atoms with Crippen molar-refractivity contribution >= 4 is 40.5 Å². The van der Waals surface area contributed by atoms with Gasteiger partial charge in [-0.1, -0.05) is 35.5 Å². The third-order valence-electron chi connectivity index (χ3n) is 3.45. The Morgan fingerprint density at radius 1 is 1.15 bits per heavy atom. The Labute approximate surface area is 162 Å². The van der Waals surface area contributed by atoms with E-state index in [4.69, 9.17) is 17.3 Å². The van der Waals surface area contributed by atoms with E-state index in [0.717, 1.165) is 5.69 Å². The van der Waals surface area contributed by atoms with E-state index in [1.807, 2.05) is 11.4 Å². The molecule has 0 unspecified atom stereocenters. The fourth-order valence-electron chi connectivity index (χ4n) is 2.31. The third-order valence-corrected chi connectivity index (χ3v) is 5.49. The average Bonchev–Trinajstić information content (AvgIpc) is 3.05. The fourth-order valence-corrected chi connectivity index (χ4v) is 4.08. The van der Waals surface area contributed by atoms with Crippen LogP contribution in [0.5, 0.6) is 5.75 Å². The number of nitrogen functional groups attached to an aromatic ring is 1. The molecule has 2 aromatic heterocycles. The van der Waals surface area contributed by atoms with E-state index in [1.54, 1.807) is 12.1 Å². The Bertz CT molecular complexity index is 1050. The second-order valence-electron chi connectivity index (χ2n) is 5.08. The van der Waals surface area contributed by atoms with E-state index in [1.165, 1.54) is 35.2 Å². The highest BCUT2D eigenvalue weighted by Crippen LogP contribution is 2.37. The Morgan fingerprint density at radius 3 is 2.42 bits per heavy atom. The standard InChI is InChI=1S/C17H10ClN5OS2/c18-17-22-10(8-26-17)7-25-16-13(6-20)14(12(5-19)15(21)23-16)9-1-3-11(24)4-2-9/h1-4,8,24H,7H2,(H2,21,23). The molecule has 1 aromatic carbocycles. The maximum atomic E-state index is 9.69. The quantitative estimate of drug-likeness (QED) is 0.631. The van der Waals surface area contributed by atoms with E-state index in [-0.39, 0.29) is 22.7 Å². The van der Waals surface area contributed by atoms with Gasteiger partial charge in [0, 0.05) is 16.7 Å². The highest BCUT2D eigenvalue weighted by molar-refractivity contribution is 7.98. The Balaban J connectivity index is 2.10. The summed E-state index contributed by atoms with van der Waals surface area (Å²) in [6.45, 7) is 0. The maximum absolute atomic E-state index is 9.69. The topological polar surface area (TPSA) is 120 Å². The van der Waals surface area contributed by atoms with Crippen LogP contribution >= 0.6 is 34.7 Å². The molecule has 3 N–H and O–H groups in total. The summed E-state index contributed by atoms with van der Waals surface area (Å²) in [5.41, 5.74) is 8.12. The van der Waals surface area contributed by atoms with Crippen molar-refractivity contribution in [1.29, 1.82) is 10.5 Å². The van der Waals surface area contributed by atoms with Gasteiger partial charge in [-0.3, -0.25) is 0 Å². The second kappa shape index (κ2) is 7.63. The number of aromatic nitrogens is 2. The highest BCUT2D eigenvalue weighted by Gasteiger charge is 2.20. The Hall–Kier alpha value is -2.78. The molecule has 9 heteroatoms. The van der Waals surface area contributed by atoms with Crippen LogP contribution in [0.25, 0.3) is 11.1 Å². The molecular formula is C17H10ClN5OS2. The first-order valence-corrected chi connectivity index (χ1v) is 9.43. The Kier molecular flexibility index (Phi) is 5.29. The van der Waals surface area contributed by atoms with Crippen molar-refractivity contribution in [1.82, 2.24) is 9.97 Å². The monoisotopic (exact) mass is 399 g/mol. The number of phenols is 1. The number of hydrogen-bond donors (Lipinski definition) is 2.